The number of benzene rings is 1. The van der Waals surface area contributed by atoms with Gasteiger partial charge in [0.2, 0.25) is 0 Å². The molecule has 3 nitrogen and oxygen atoms in total. The number of hydrogen-bond donors (Lipinski definition) is 1. The van der Waals surface area contributed by atoms with Crippen molar-refractivity contribution >= 4 is 46.3 Å². The highest BCUT2D eigenvalue weighted by atomic mass is 32.2. The van der Waals surface area contributed by atoms with Crippen molar-refractivity contribution < 1.29 is 13.2 Å². The number of halogens is 3. The minimum Gasteiger partial charge on any atom is -0.328 e. The molecule has 1 aliphatic carbocycles. The van der Waals surface area contributed by atoms with Gasteiger partial charge < -0.3 is 9.98 Å². The Balaban J connectivity index is 1.99. The van der Waals surface area contributed by atoms with Crippen LogP contribution in [0.1, 0.15) is 19.2 Å². The van der Waals surface area contributed by atoms with Gasteiger partial charge in [0.1, 0.15) is 5.82 Å². The zero-order valence-corrected chi connectivity index (χ0v) is 17.6. The van der Waals surface area contributed by atoms with Gasteiger partial charge in [-0.2, -0.15) is 13.2 Å². The Hall–Kier alpha value is -2.19. The third kappa shape index (κ3) is 5.67. The summed E-state index contributed by atoms with van der Waals surface area (Å²) in [5.74, 6) is 1.51. The molecule has 0 saturated carbocycles. The topological polar surface area (TPSA) is 41.7 Å². The van der Waals surface area contributed by atoms with Crippen LogP contribution in [-0.2, 0) is 7.05 Å². The van der Waals surface area contributed by atoms with Crippen LogP contribution in [0.5, 0.6) is 0 Å². The van der Waals surface area contributed by atoms with Crippen LogP contribution in [0.4, 0.5) is 13.2 Å². The predicted octanol–water partition coefficient (Wildman–Crippen LogP) is 6.74. The molecule has 0 aliphatic heterocycles. The molecule has 0 saturated heterocycles. The number of allylic oxidation sites excluding steroid dienone is 6. The third-order valence-electron chi connectivity index (χ3n) is 4.19. The van der Waals surface area contributed by atoms with E-state index in [1.165, 1.54) is 12.1 Å². The molecular formula is C21H20F3N3S2. The maximum Gasteiger partial charge on any atom is 0.446 e. The Morgan fingerprint density at radius 3 is 2.83 bits per heavy atom. The van der Waals surface area contributed by atoms with Gasteiger partial charge in [0, 0.05) is 29.0 Å². The summed E-state index contributed by atoms with van der Waals surface area (Å²) in [5.41, 5.74) is -1.66. The van der Waals surface area contributed by atoms with Gasteiger partial charge in [0.15, 0.2) is 0 Å². The Morgan fingerprint density at radius 2 is 2.10 bits per heavy atom. The van der Waals surface area contributed by atoms with E-state index in [0.29, 0.717) is 23.5 Å². The summed E-state index contributed by atoms with van der Waals surface area (Å²) in [6.45, 7) is 2.04. The quantitative estimate of drug-likeness (QED) is 0.529. The Labute approximate surface area is 176 Å². The first-order valence-electron chi connectivity index (χ1n) is 8.96. The largest absolute Gasteiger partial charge is 0.446 e. The maximum absolute atomic E-state index is 12.7. The molecule has 0 fully saturated rings. The summed E-state index contributed by atoms with van der Waals surface area (Å²) in [4.78, 5) is 5.60. The minimum absolute atomic E-state index is 0.119. The van der Waals surface area contributed by atoms with E-state index in [-0.39, 0.29) is 16.7 Å². The zero-order chi connectivity index (χ0) is 21.0. The average molecular weight is 436 g/mol. The number of hydrogen-bond acceptors (Lipinski definition) is 4. The normalized spacial score (nSPS) is 16.8. The molecule has 1 N–H and O–H groups in total. The molecule has 152 valence electrons. The molecule has 0 bridgehead atoms. The molecule has 1 heterocycles. The van der Waals surface area contributed by atoms with E-state index >= 15 is 0 Å². The molecule has 1 aromatic carbocycles. The van der Waals surface area contributed by atoms with E-state index in [1.807, 2.05) is 55.0 Å². The number of nitrogens with one attached hydrogen (secondary N) is 1. The first-order chi connectivity index (χ1) is 13.8. The second-order valence-corrected chi connectivity index (χ2v) is 8.75. The van der Waals surface area contributed by atoms with Gasteiger partial charge in [-0.25, -0.2) is 4.98 Å². The SMILES string of the molecule is CCSC(=C\c1nc2cc(SC(F)(F)F)ccc2n1C)/C=C1/C=CC=CCC1=N. The summed E-state index contributed by atoms with van der Waals surface area (Å²) in [6.07, 6.45) is 12.1. The number of aryl methyl sites for hydroxylation is 1. The first-order valence-corrected chi connectivity index (χ1v) is 10.8. The molecule has 0 radical (unpaired) electrons. The van der Waals surface area contributed by atoms with Crippen molar-refractivity contribution in [2.45, 2.75) is 23.7 Å². The lowest BCUT2D eigenvalue weighted by atomic mass is 10.1. The van der Waals surface area contributed by atoms with Crippen molar-refractivity contribution in [3.05, 3.63) is 64.9 Å². The number of nitrogens with zero attached hydrogens (tertiary/aromatic N) is 2. The number of aromatic nitrogens is 2. The first kappa shape index (κ1) is 21.5. The molecule has 0 spiro atoms. The Morgan fingerprint density at radius 1 is 1.31 bits per heavy atom. The van der Waals surface area contributed by atoms with Crippen molar-refractivity contribution in [1.82, 2.24) is 9.55 Å². The fourth-order valence-electron chi connectivity index (χ4n) is 2.87. The van der Waals surface area contributed by atoms with Crippen LogP contribution in [0.25, 0.3) is 17.1 Å². The smallest absolute Gasteiger partial charge is 0.328 e. The summed E-state index contributed by atoms with van der Waals surface area (Å²) in [7, 11) is 1.84. The van der Waals surface area contributed by atoms with Crippen LogP contribution in [0, 0.1) is 5.41 Å². The minimum atomic E-state index is -4.33. The monoisotopic (exact) mass is 435 g/mol. The van der Waals surface area contributed by atoms with Gasteiger partial charge in [-0.15, -0.1) is 11.8 Å². The fourth-order valence-corrected chi connectivity index (χ4v) is 4.18. The predicted molar refractivity (Wildman–Crippen MR) is 117 cm³/mol. The lowest BCUT2D eigenvalue weighted by molar-refractivity contribution is -0.0328. The van der Waals surface area contributed by atoms with E-state index in [9.17, 15) is 13.2 Å². The molecule has 1 aromatic heterocycles. The van der Waals surface area contributed by atoms with Crippen molar-refractivity contribution in [3.8, 4) is 0 Å². The second kappa shape index (κ2) is 9.09. The van der Waals surface area contributed by atoms with Crippen LogP contribution in [0.2, 0.25) is 0 Å². The van der Waals surface area contributed by atoms with Crippen molar-refractivity contribution in [2.75, 3.05) is 5.75 Å². The van der Waals surface area contributed by atoms with Crippen molar-refractivity contribution in [3.63, 3.8) is 0 Å². The number of thioether (sulfide) groups is 2. The van der Waals surface area contributed by atoms with E-state index in [4.69, 9.17) is 5.41 Å². The molecule has 8 heteroatoms. The van der Waals surface area contributed by atoms with Crippen LogP contribution in [-0.4, -0.2) is 26.5 Å². The third-order valence-corrected chi connectivity index (χ3v) is 5.77. The molecule has 1 aliphatic rings. The van der Waals surface area contributed by atoms with Gasteiger partial charge >= 0.3 is 5.51 Å². The van der Waals surface area contributed by atoms with Gasteiger partial charge in [0.25, 0.3) is 0 Å². The summed E-state index contributed by atoms with van der Waals surface area (Å²) in [6, 6.07) is 4.59. The molecule has 0 atom stereocenters. The van der Waals surface area contributed by atoms with Gasteiger partial charge in [0.05, 0.1) is 11.0 Å². The standard InChI is InChI=1S/C21H20F3N3S2/c1-3-28-16(11-14-7-5-4-6-8-17(14)25)13-20-26-18-12-15(29-21(22,23)24)9-10-19(18)27(20)2/h4-7,9-13,25H,3,8H2,1-2H3/b14-11-,16-13-,25-17?. The molecule has 29 heavy (non-hydrogen) atoms. The van der Waals surface area contributed by atoms with E-state index < -0.39 is 5.51 Å². The summed E-state index contributed by atoms with van der Waals surface area (Å²) >= 11 is 1.49. The lowest BCUT2D eigenvalue weighted by Crippen LogP contribution is -1.98. The number of imidazole rings is 1. The van der Waals surface area contributed by atoms with Crippen molar-refractivity contribution in [2.24, 2.45) is 7.05 Å². The van der Waals surface area contributed by atoms with Crippen LogP contribution in [0.3, 0.4) is 0 Å². The van der Waals surface area contributed by atoms with Gasteiger partial charge in [-0.3, -0.25) is 0 Å². The van der Waals surface area contributed by atoms with E-state index in [2.05, 4.69) is 4.98 Å². The van der Waals surface area contributed by atoms with Crippen LogP contribution >= 0.6 is 23.5 Å². The average Bonchev–Trinajstić information content (AvgIpc) is 2.79. The molecular weight excluding hydrogens is 415 g/mol. The van der Waals surface area contributed by atoms with E-state index in [1.54, 1.807) is 17.8 Å². The highest BCUT2D eigenvalue weighted by Gasteiger charge is 2.29. The number of fused-ring (bicyclic) bond motifs is 1. The van der Waals surface area contributed by atoms with Gasteiger partial charge in [-0.05, 0) is 53.4 Å². The highest BCUT2D eigenvalue weighted by molar-refractivity contribution is 8.03. The fraction of sp³-hybridized carbons (Fsp3) is 0.238. The van der Waals surface area contributed by atoms with Crippen LogP contribution < -0.4 is 0 Å². The molecule has 0 amide bonds. The summed E-state index contributed by atoms with van der Waals surface area (Å²) < 4.78 is 39.8. The van der Waals surface area contributed by atoms with Crippen LogP contribution in [0.15, 0.2) is 64.0 Å². The molecule has 0 unspecified atom stereocenters. The number of alkyl halides is 3. The molecule has 2 aromatic rings. The Kier molecular flexibility index (Phi) is 6.74. The lowest BCUT2D eigenvalue weighted by Gasteiger charge is -2.06. The van der Waals surface area contributed by atoms with E-state index in [0.717, 1.165) is 21.7 Å². The highest BCUT2D eigenvalue weighted by Crippen LogP contribution is 2.38. The van der Waals surface area contributed by atoms with Crippen molar-refractivity contribution in [1.29, 1.82) is 5.41 Å². The second-order valence-electron chi connectivity index (χ2n) is 6.28. The maximum atomic E-state index is 12.7. The Bertz CT molecular complexity index is 1040. The molecule has 3 rings (SSSR count). The van der Waals surface area contributed by atoms with Gasteiger partial charge in [-0.1, -0.05) is 31.2 Å². The number of rotatable bonds is 5. The summed E-state index contributed by atoms with van der Waals surface area (Å²) in [5, 5.41) is 8.19. The zero-order valence-electron chi connectivity index (χ0n) is 16.0.